The minimum absolute atomic E-state index is 0.321. The van der Waals surface area contributed by atoms with Crippen LogP contribution in [0.5, 0.6) is 11.5 Å². The van der Waals surface area contributed by atoms with Gasteiger partial charge >= 0.3 is 0 Å². The van der Waals surface area contributed by atoms with E-state index in [1.807, 2.05) is 43.3 Å². The third-order valence-electron chi connectivity index (χ3n) is 4.74. The Morgan fingerprint density at radius 1 is 0.923 bits per heavy atom. The van der Waals surface area contributed by atoms with Gasteiger partial charge in [-0.05, 0) is 43.3 Å². The van der Waals surface area contributed by atoms with Gasteiger partial charge in [0.15, 0.2) is 0 Å². The van der Waals surface area contributed by atoms with Crippen molar-refractivity contribution in [1.82, 2.24) is 4.90 Å². The van der Waals surface area contributed by atoms with Gasteiger partial charge in [0.1, 0.15) is 24.2 Å². The van der Waals surface area contributed by atoms with Crippen LogP contribution >= 0.6 is 0 Å². The van der Waals surface area contributed by atoms with E-state index < -0.39 is 6.10 Å². The van der Waals surface area contributed by atoms with Crippen molar-refractivity contribution >= 4 is 5.69 Å². The number of piperazine rings is 1. The van der Waals surface area contributed by atoms with Crippen LogP contribution in [-0.4, -0.2) is 62.6 Å². The molecule has 26 heavy (non-hydrogen) atoms. The van der Waals surface area contributed by atoms with Crippen molar-refractivity contribution in [3.05, 3.63) is 54.1 Å². The van der Waals surface area contributed by atoms with Gasteiger partial charge in [-0.25, -0.2) is 0 Å². The Morgan fingerprint density at radius 2 is 1.54 bits per heavy atom. The predicted molar refractivity (Wildman–Crippen MR) is 104 cm³/mol. The summed E-state index contributed by atoms with van der Waals surface area (Å²) in [6, 6.07) is 16.1. The van der Waals surface area contributed by atoms with E-state index in [0.717, 1.165) is 37.7 Å². The first-order valence-corrected chi connectivity index (χ1v) is 9.13. The summed E-state index contributed by atoms with van der Waals surface area (Å²) in [4.78, 5) is 4.66. The van der Waals surface area contributed by atoms with E-state index in [0.29, 0.717) is 13.2 Å². The Morgan fingerprint density at radius 3 is 2.15 bits per heavy atom. The first-order chi connectivity index (χ1) is 12.6. The lowest BCUT2D eigenvalue weighted by Crippen LogP contribution is -2.49. The quantitative estimate of drug-likeness (QED) is 0.826. The van der Waals surface area contributed by atoms with Crippen LogP contribution in [-0.2, 0) is 0 Å². The standard InChI is InChI=1S/C21H28N2O3/c1-17-3-7-21(8-4-17)26-16-19(24)15-22-11-13-23(14-12-22)18-5-9-20(25-2)10-6-18/h3-10,19,24H,11-16H2,1-2H3/t19-/m1/s1. The lowest BCUT2D eigenvalue weighted by Gasteiger charge is -2.36. The lowest BCUT2D eigenvalue weighted by molar-refractivity contribution is 0.0663. The minimum atomic E-state index is -0.483. The number of hydrogen-bond acceptors (Lipinski definition) is 5. The van der Waals surface area contributed by atoms with Gasteiger partial charge in [-0.3, -0.25) is 4.90 Å². The highest BCUT2D eigenvalue weighted by atomic mass is 16.5. The maximum atomic E-state index is 10.3. The van der Waals surface area contributed by atoms with Crippen LogP contribution in [0.25, 0.3) is 0 Å². The first-order valence-electron chi connectivity index (χ1n) is 9.13. The second kappa shape index (κ2) is 8.92. The molecule has 0 unspecified atom stereocenters. The molecule has 1 aliphatic rings. The number of methoxy groups -OCH3 is 1. The molecule has 0 aromatic heterocycles. The van der Waals surface area contributed by atoms with Gasteiger partial charge < -0.3 is 19.5 Å². The Kier molecular flexibility index (Phi) is 6.36. The second-order valence-corrected chi connectivity index (χ2v) is 6.76. The largest absolute Gasteiger partial charge is 0.497 e. The van der Waals surface area contributed by atoms with E-state index in [4.69, 9.17) is 9.47 Å². The van der Waals surface area contributed by atoms with Crippen LogP contribution in [0.4, 0.5) is 5.69 Å². The van der Waals surface area contributed by atoms with Crippen LogP contribution in [0.3, 0.4) is 0 Å². The normalized spacial score (nSPS) is 16.3. The zero-order valence-corrected chi connectivity index (χ0v) is 15.6. The van der Waals surface area contributed by atoms with Gasteiger partial charge in [-0.1, -0.05) is 17.7 Å². The summed E-state index contributed by atoms with van der Waals surface area (Å²) >= 11 is 0. The van der Waals surface area contributed by atoms with Crippen molar-refractivity contribution in [3.8, 4) is 11.5 Å². The number of aliphatic hydroxyl groups excluding tert-OH is 1. The molecule has 0 radical (unpaired) electrons. The molecule has 1 heterocycles. The van der Waals surface area contributed by atoms with Crippen molar-refractivity contribution in [2.45, 2.75) is 13.0 Å². The van der Waals surface area contributed by atoms with E-state index in [1.54, 1.807) is 7.11 Å². The number of aryl methyl sites for hydroxylation is 1. The fraction of sp³-hybridized carbons (Fsp3) is 0.429. The highest BCUT2D eigenvalue weighted by molar-refractivity contribution is 5.49. The number of benzene rings is 2. The summed E-state index contributed by atoms with van der Waals surface area (Å²) in [5.41, 5.74) is 2.42. The summed E-state index contributed by atoms with van der Waals surface area (Å²) in [6.07, 6.45) is -0.483. The maximum Gasteiger partial charge on any atom is 0.119 e. The van der Waals surface area contributed by atoms with Crippen molar-refractivity contribution in [1.29, 1.82) is 0 Å². The summed E-state index contributed by atoms with van der Waals surface area (Å²) in [6.45, 7) is 6.80. The third kappa shape index (κ3) is 5.13. The summed E-state index contributed by atoms with van der Waals surface area (Å²) < 4.78 is 10.9. The fourth-order valence-corrected chi connectivity index (χ4v) is 3.16. The minimum Gasteiger partial charge on any atom is -0.497 e. The van der Waals surface area contributed by atoms with Gasteiger partial charge in [0.2, 0.25) is 0 Å². The molecule has 1 N–H and O–H groups in total. The van der Waals surface area contributed by atoms with Crippen molar-refractivity contribution in [3.63, 3.8) is 0 Å². The molecule has 0 saturated carbocycles. The molecule has 1 aliphatic heterocycles. The summed E-state index contributed by atoms with van der Waals surface area (Å²) in [5.74, 6) is 1.68. The number of ether oxygens (including phenoxy) is 2. The molecule has 5 heteroatoms. The topological polar surface area (TPSA) is 45.2 Å². The highest BCUT2D eigenvalue weighted by Gasteiger charge is 2.19. The molecule has 0 aliphatic carbocycles. The SMILES string of the molecule is COc1ccc(N2CCN(C[C@@H](O)COc3ccc(C)cc3)CC2)cc1. The highest BCUT2D eigenvalue weighted by Crippen LogP contribution is 2.20. The van der Waals surface area contributed by atoms with Crippen LogP contribution in [0, 0.1) is 6.92 Å². The predicted octanol–water partition coefficient (Wildman–Crippen LogP) is 2.57. The van der Waals surface area contributed by atoms with Crippen LogP contribution in [0.15, 0.2) is 48.5 Å². The number of nitrogens with zero attached hydrogens (tertiary/aromatic N) is 2. The molecule has 0 amide bonds. The second-order valence-electron chi connectivity index (χ2n) is 6.76. The molecular formula is C21H28N2O3. The molecule has 1 fully saturated rings. The fourth-order valence-electron chi connectivity index (χ4n) is 3.16. The van der Waals surface area contributed by atoms with E-state index in [2.05, 4.69) is 21.9 Å². The Balaban J connectivity index is 1.40. The molecule has 140 valence electrons. The number of β-amino-alcohol motifs (C(OH)–C–C–N with tert-alkyl or cyclic N) is 1. The Labute approximate surface area is 155 Å². The van der Waals surface area contributed by atoms with Crippen LogP contribution < -0.4 is 14.4 Å². The average Bonchev–Trinajstić information content (AvgIpc) is 2.68. The van der Waals surface area contributed by atoms with Gasteiger partial charge in [-0.15, -0.1) is 0 Å². The van der Waals surface area contributed by atoms with Crippen molar-refractivity contribution in [2.24, 2.45) is 0 Å². The first kappa shape index (κ1) is 18.5. The zero-order valence-electron chi connectivity index (χ0n) is 15.6. The molecule has 0 bridgehead atoms. The lowest BCUT2D eigenvalue weighted by atomic mass is 10.2. The van der Waals surface area contributed by atoms with E-state index in [1.165, 1.54) is 11.3 Å². The van der Waals surface area contributed by atoms with E-state index >= 15 is 0 Å². The van der Waals surface area contributed by atoms with E-state index in [9.17, 15) is 5.11 Å². The molecule has 5 nitrogen and oxygen atoms in total. The number of anilines is 1. The maximum absolute atomic E-state index is 10.3. The number of hydrogen-bond donors (Lipinski definition) is 1. The van der Waals surface area contributed by atoms with Gasteiger partial charge in [0.05, 0.1) is 7.11 Å². The molecule has 2 aromatic carbocycles. The Bertz CT molecular complexity index is 665. The van der Waals surface area contributed by atoms with E-state index in [-0.39, 0.29) is 0 Å². The molecule has 3 rings (SSSR count). The molecule has 0 spiro atoms. The summed E-state index contributed by atoms with van der Waals surface area (Å²) in [5, 5.41) is 10.3. The molecular weight excluding hydrogens is 328 g/mol. The average molecular weight is 356 g/mol. The smallest absolute Gasteiger partial charge is 0.119 e. The summed E-state index contributed by atoms with van der Waals surface area (Å²) in [7, 11) is 1.68. The Hall–Kier alpha value is -2.24. The molecule has 1 atom stereocenters. The monoisotopic (exact) mass is 356 g/mol. The molecule has 1 saturated heterocycles. The van der Waals surface area contributed by atoms with Crippen LogP contribution in [0.2, 0.25) is 0 Å². The van der Waals surface area contributed by atoms with Crippen LogP contribution in [0.1, 0.15) is 5.56 Å². The van der Waals surface area contributed by atoms with Crippen molar-refractivity contribution in [2.75, 3.05) is 51.3 Å². The third-order valence-corrected chi connectivity index (χ3v) is 4.74. The van der Waals surface area contributed by atoms with Gasteiger partial charge in [-0.2, -0.15) is 0 Å². The number of rotatable bonds is 7. The number of aliphatic hydroxyl groups is 1. The zero-order chi connectivity index (χ0) is 18.4. The van der Waals surface area contributed by atoms with Crippen molar-refractivity contribution < 1.29 is 14.6 Å². The van der Waals surface area contributed by atoms with Gasteiger partial charge in [0.25, 0.3) is 0 Å². The molecule has 2 aromatic rings. The van der Waals surface area contributed by atoms with Gasteiger partial charge in [0, 0.05) is 38.4 Å².